The molecule has 8 nitrogen and oxygen atoms in total. The SMILES string of the molecule is Cc1cc(C)c2sc(N3CCN(CCNC(=O)c4ccc(S(=O)(=O)N5CCC(C)CC5)cc4)CC3)nc2c1. The van der Waals surface area contributed by atoms with Crippen LogP contribution in [0.2, 0.25) is 0 Å². The van der Waals surface area contributed by atoms with Crippen molar-refractivity contribution < 1.29 is 13.2 Å². The van der Waals surface area contributed by atoms with Crippen LogP contribution in [0.15, 0.2) is 41.3 Å². The number of hydrogen-bond acceptors (Lipinski definition) is 7. The fraction of sp³-hybridized carbons (Fsp3) is 0.500. The lowest BCUT2D eigenvalue weighted by molar-refractivity contribution is 0.0947. The molecule has 204 valence electrons. The monoisotopic (exact) mass is 555 g/mol. The Bertz CT molecular complexity index is 1390. The third kappa shape index (κ3) is 5.88. The molecule has 0 aliphatic carbocycles. The van der Waals surface area contributed by atoms with Crippen molar-refractivity contribution in [2.24, 2.45) is 5.92 Å². The van der Waals surface area contributed by atoms with Crippen LogP contribution < -0.4 is 10.2 Å². The normalized spacial score (nSPS) is 18.2. The molecule has 2 saturated heterocycles. The molecule has 1 amide bonds. The first kappa shape index (κ1) is 27.1. The van der Waals surface area contributed by atoms with Gasteiger partial charge in [-0.2, -0.15) is 4.31 Å². The summed E-state index contributed by atoms with van der Waals surface area (Å²) >= 11 is 1.77. The van der Waals surface area contributed by atoms with E-state index in [4.69, 9.17) is 4.98 Å². The summed E-state index contributed by atoms with van der Waals surface area (Å²) in [6.07, 6.45) is 1.77. The first-order valence-corrected chi connectivity index (χ1v) is 15.7. The number of rotatable bonds is 7. The number of piperidine rings is 1. The molecule has 3 heterocycles. The number of hydrogen-bond donors (Lipinski definition) is 1. The quantitative estimate of drug-likeness (QED) is 0.476. The highest BCUT2D eigenvalue weighted by Crippen LogP contribution is 2.32. The average molecular weight is 556 g/mol. The zero-order valence-corrected chi connectivity index (χ0v) is 24.1. The van der Waals surface area contributed by atoms with Gasteiger partial charge in [0.2, 0.25) is 10.0 Å². The number of sulfonamides is 1. The minimum absolute atomic E-state index is 0.181. The Kier molecular flexibility index (Phi) is 8.04. The van der Waals surface area contributed by atoms with Gasteiger partial charge in [-0.1, -0.05) is 24.3 Å². The average Bonchev–Trinajstić information content (AvgIpc) is 3.34. The van der Waals surface area contributed by atoms with Crippen molar-refractivity contribution in [1.29, 1.82) is 0 Å². The van der Waals surface area contributed by atoms with Crippen LogP contribution in [-0.4, -0.2) is 80.9 Å². The maximum absolute atomic E-state index is 12.9. The molecule has 0 bridgehead atoms. The predicted octanol–water partition coefficient (Wildman–Crippen LogP) is 3.89. The Balaban J connectivity index is 1.08. The molecule has 2 aliphatic rings. The molecule has 2 fully saturated rings. The van der Waals surface area contributed by atoms with Crippen molar-refractivity contribution in [2.45, 2.75) is 38.5 Å². The minimum Gasteiger partial charge on any atom is -0.351 e. The van der Waals surface area contributed by atoms with Gasteiger partial charge in [-0.3, -0.25) is 9.69 Å². The van der Waals surface area contributed by atoms with E-state index in [2.05, 4.69) is 48.0 Å². The van der Waals surface area contributed by atoms with Gasteiger partial charge in [0.05, 0.1) is 15.1 Å². The molecule has 3 aromatic rings. The van der Waals surface area contributed by atoms with E-state index in [0.717, 1.165) is 56.2 Å². The van der Waals surface area contributed by atoms with Crippen LogP contribution in [-0.2, 0) is 10.0 Å². The molecule has 0 atom stereocenters. The third-order valence-electron chi connectivity index (χ3n) is 7.66. The highest BCUT2D eigenvalue weighted by Gasteiger charge is 2.28. The molecule has 0 radical (unpaired) electrons. The summed E-state index contributed by atoms with van der Waals surface area (Å²) in [4.78, 5) is 22.5. The largest absolute Gasteiger partial charge is 0.351 e. The van der Waals surface area contributed by atoms with E-state index < -0.39 is 10.0 Å². The predicted molar refractivity (Wildman–Crippen MR) is 154 cm³/mol. The van der Waals surface area contributed by atoms with Gasteiger partial charge in [0.25, 0.3) is 5.91 Å². The smallest absolute Gasteiger partial charge is 0.251 e. The Morgan fingerprint density at radius 3 is 2.39 bits per heavy atom. The second-order valence-corrected chi connectivity index (χ2v) is 13.5. The van der Waals surface area contributed by atoms with Gasteiger partial charge < -0.3 is 10.2 Å². The van der Waals surface area contributed by atoms with E-state index in [1.54, 1.807) is 39.9 Å². The first-order chi connectivity index (χ1) is 18.2. The highest BCUT2D eigenvalue weighted by molar-refractivity contribution is 7.89. The van der Waals surface area contributed by atoms with Gasteiger partial charge in [0, 0.05) is 57.9 Å². The second-order valence-electron chi connectivity index (χ2n) is 10.6. The molecule has 5 rings (SSSR count). The Morgan fingerprint density at radius 1 is 1.03 bits per heavy atom. The summed E-state index contributed by atoms with van der Waals surface area (Å²) in [6, 6.07) is 10.7. The summed E-state index contributed by atoms with van der Waals surface area (Å²) in [7, 11) is -3.51. The number of carbonyl (C=O) groups is 1. The van der Waals surface area contributed by atoms with Gasteiger partial charge in [-0.05, 0) is 74.1 Å². The number of thiazole rings is 1. The van der Waals surface area contributed by atoms with E-state index in [-0.39, 0.29) is 10.8 Å². The van der Waals surface area contributed by atoms with Crippen LogP contribution in [0.3, 0.4) is 0 Å². The fourth-order valence-corrected chi connectivity index (χ4v) is 7.78. The van der Waals surface area contributed by atoms with Crippen molar-refractivity contribution in [3.05, 3.63) is 53.1 Å². The number of piperazine rings is 1. The minimum atomic E-state index is -3.51. The summed E-state index contributed by atoms with van der Waals surface area (Å²) in [5, 5.41) is 4.07. The Hall–Kier alpha value is -2.53. The standard InChI is InChI=1S/C28H37N5O3S2/c1-20-8-11-33(12-9-20)38(35,36)24-6-4-23(5-7-24)27(34)29-10-13-31-14-16-32(17-15-31)28-30-25-19-21(2)18-22(3)26(25)37-28/h4-7,18-20H,8-17H2,1-3H3,(H,29,34). The third-order valence-corrected chi connectivity index (χ3v) is 10.8. The molecule has 10 heteroatoms. The van der Waals surface area contributed by atoms with Crippen molar-refractivity contribution >= 4 is 42.6 Å². The van der Waals surface area contributed by atoms with Crippen LogP contribution in [0, 0.1) is 19.8 Å². The lowest BCUT2D eigenvalue weighted by Gasteiger charge is -2.34. The maximum Gasteiger partial charge on any atom is 0.251 e. The van der Waals surface area contributed by atoms with Crippen molar-refractivity contribution in [3.8, 4) is 0 Å². The van der Waals surface area contributed by atoms with Crippen LogP contribution in [0.1, 0.15) is 41.3 Å². The number of benzene rings is 2. The van der Waals surface area contributed by atoms with Gasteiger partial charge in [-0.15, -0.1) is 0 Å². The van der Waals surface area contributed by atoms with Crippen LogP contribution >= 0.6 is 11.3 Å². The molecular weight excluding hydrogens is 518 g/mol. The molecule has 2 aromatic carbocycles. The van der Waals surface area contributed by atoms with E-state index in [9.17, 15) is 13.2 Å². The van der Waals surface area contributed by atoms with Gasteiger partial charge >= 0.3 is 0 Å². The first-order valence-electron chi connectivity index (χ1n) is 13.4. The summed E-state index contributed by atoms with van der Waals surface area (Å²) < 4.78 is 28.7. The van der Waals surface area contributed by atoms with Crippen molar-refractivity contribution in [2.75, 3.05) is 57.3 Å². The molecule has 2 aliphatic heterocycles. The van der Waals surface area contributed by atoms with E-state index in [1.165, 1.54) is 15.8 Å². The Labute approximate surface area is 229 Å². The summed E-state index contributed by atoms with van der Waals surface area (Å²) in [6.45, 7) is 12.5. The molecule has 0 unspecified atom stereocenters. The molecule has 1 N–H and O–H groups in total. The number of aromatic nitrogens is 1. The molecule has 38 heavy (non-hydrogen) atoms. The summed E-state index contributed by atoms with van der Waals surface area (Å²) in [5.41, 5.74) is 4.08. The number of aryl methyl sites for hydroxylation is 2. The second kappa shape index (κ2) is 11.3. The van der Waals surface area contributed by atoms with E-state index >= 15 is 0 Å². The lowest BCUT2D eigenvalue weighted by Crippen LogP contribution is -2.48. The number of nitrogens with zero attached hydrogens (tertiary/aromatic N) is 4. The molecule has 1 aromatic heterocycles. The van der Waals surface area contributed by atoms with Crippen molar-refractivity contribution in [3.63, 3.8) is 0 Å². The Morgan fingerprint density at radius 2 is 1.71 bits per heavy atom. The van der Waals surface area contributed by atoms with Gasteiger partial charge in [0.1, 0.15) is 0 Å². The van der Waals surface area contributed by atoms with Crippen LogP contribution in [0.5, 0.6) is 0 Å². The van der Waals surface area contributed by atoms with E-state index in [0.29, 0.717) is 31.1 Å². The van der Waals surface area contributed by atoms with Gasteiger partial charge in [0.15, 0.2) is 5.13 Å². The number of carbonyl (C=O) groups excluding carboxylic acids is 1. The van der Waals surface area contributed by atoms with Gasteiger partial charge in [-0.25, -0.2) is 13.4 Å². The van der Waals surface area contributed by atoms with Crippen LogP contribution in [0.4, 0.5) is 5.13 Å². The summed E-state index contributed by atoms with van der Waals surface area (Å²) in [5.74, 6) is 0.378. The lowest BCUT2D eigenvalue weighted by atomic mass is 10.0. The topological polar surface area (TPSA) is 85.8 Å². The maximum atomic E-state index is 12.9. The van der Waals surface area contributed by atoms with E-state index in [1.807, 2.05) is 0 Å². The number of anilines is 1. The number of amides is 1. The molecule has 0 spiro atoms. The number of fused-ring (bicyclic) bond motifs is 1. The zero-order valence-electron chi connectivity index (χ0n) is 22.4. The number of nitrogens with one attached hydrogen (secondary N) is 1. The molecular formula is C28H37N5O3S2. The van der Waals surface area contributed by atoms with Crippen molar-refractivity contribution in [1.82, 2.24) is 19.5 Å². The zero-order chi connectivity index (χ0) is 26.9. The highest BCUT2D eigenvalue weighted by atomic mass is 32.2. The molecule has 0 saturated carbocycles. The van der Waals surface area contributed by atoms with Crippen LogP contribution in [0.25, 0.3) is 10.2 Å². The fourth-order valence-electron chi connectivity index (χ4n) is 5.25.